The Morgan fingerprint density at radius 1 is 1.17 bits per heavy atom. The number of benzene rings is 1. The Labute approximate surface area is 143 Å². The third kappa shape index (κ3) is 2.78. The van der Waals surface area contributed by atoms with Crippen molar-refractivity contribution in [2.24, 2.45) is 11.8 Å². The summed E-state index contributed by atoms with van der Waals surface area (Å²) in [4.78, 5) is 24.2. The number of nitrogens with one attached hydrogen (secondary N) is 1. The molecule has 2 N–H and O–H groups in total. The minimum absolute atomic E-state index is 0.313. The highest BCUT2D eigenvalue weighted by Crippen LogP contribution is 2.44. The van der Waals surface area contributed by atoms with Crippen LogP contribution in [0.1, 0.15) is 12.8 Å². The lowest BCUT2D eigenvalue weighted by molar-refractivity contribution is -0.147. The maximum absolute atomic E-state index is 12.7. The lowest BCUT2D eigenvalue weighted by Gasteiger charge is -2.24. The van der Waals surface area contributed by atoms with E-state index in [-0.39, 0.29) is 6.10 Å². The number of carbonyl (C=O) groups excluding carboxylic acids is 1. The number of anilines is 1. The second-order valence-electron chi connectivity index (χ2n) is 5.86. The van der Waals surface area contributed by atoms with Gasteiger partial charge in [0, 0.05) is 6.07 Å². The van der Waals surface area contributed by atoms with Gasteiger partial charge in [0.2, 0.25) is 5.91 Å². The van der Waals surface area contributed by atoms with Gasteiger partial charge in [-0.05, 0) is 18.9 Å². The fraction of sp³-hybridized carbons (Fsp3) is 0.500. The van der Waals surface area contributed by atoms with E-state index < -0.39 is 29.8 Å². The molecule has 1 amide bonds. The summed E-state index contributed by atoms with van der Waals surface area (Å²) in [5.74, 6) is -2.19. The summed E-state index contributed by atoms with van der Waals surface area (Å²) in [7, 11) is 2.93. The molecule has 2 saturated heterocycles. The summed E-state index contributed by atoms with van der Waals surface area (Å²) < 4.78 is 16.0. The van der Waals surface area contributed by atoms with Crippen molar-refractivity contribution in [3.63, 3.8) is 0 Å². The van der Waals surface area contributed by atoms with Crippen molar-refractivity contribution in [3.8, 4) is 11.5 Å². The normalized spacial score (nSPS) is 27.8. The van der Waals surface area contributed by atoms with Crippen LogP contribution in [0.5, 0.6) is 11.5 Å². The number of carboxylic acid groups (broad SMARTS) is 1. The van der Waals surface area contributed by atoms with E-state index in [1.165, 1.54) is 20.3 Å². The molecule has 2 heterocycles. The van der Waals surface area contributed by atoms with E-state index in [2.05, 4.69) is 5.32 Å². The largest absolute Gasteiger partial charge is 0.495 e. The van der Waals surface area contributed by atoms with Gasteiger partial charge in [-0.25, -0.2) is 0 Å². The van der Waals surface area contributed by atoms with Crippen LogP contribution in [0.2, 0.25) is 5.02 Å². The Hall–Kier alpha value is -1.99. The van der Waals surface area contributed by atoms with E-state index in [0.717, 1.165) is 0 Å². The van der Waals surface area contributed by atoms with E-state index >= 15 is 0 Å². The van der Waals surface area contributed by atoms with Gasteiger partial charge >= 0.3 is 5.97 Å². The number of methoxy groups -OCH3 is 2. The number of rotatable bonds is 5. The molecular weight excluding hydrogens is 338 g/mol. The first-order chi connectivity index (χ1) is 11.5. The molecule has 7 nitrogen and oxygen atoms in total. The molecule has 1 aromatic carbocycles. The van der Waals surface area contributed by atoms with Crippen LogP contribution in [0.25, 0.3) is 0 Å². The van der Waals surface area contributed by atoms with Gasteiger partial charge in [-0.15, -0.1) is 0 Å². The summed E-state index contributed by atoms with van der Waals surface area (Å²) in [5, 5.41) is 12.4. The highest BCUT2D eigenvalue weighted by molar-refractivity contribution is 6.32. The highest BCUT2D eigenvalue weighted by atomic mass is 35.5. The minimum atomic E-state index is -1.01. The summed E-state index contributed by atoms with van der Waals surface area (Å²) in [6, 6.07) is 3.07. The van der Waals surface area contributed by atoms with Crippen LogP contribution >= 0.6 is 11.6 Å². The van der Waals surface area contributed by atoms with Crippen LogP contribution in [-0.4, -0.2) is 43.4 Å². The summed E-state index contributed by atoms with van der Waals surface area (Å²) >= 11 is 6.09. The van der Waals surface area contributed by atoms with Crippen molar-refractivity contribution in [3.05, 3.63) is 17.2 Å². The average Bonchev–Trinajstić information content (AvgIpc) is 3.16. The SMILES string of the molecule is COc1cc(OC)c(NC(=O)C2C3CCC(O3)C2C(=O)O)cc1Cl. The van der Waals surface area contributed by atoms with Gasteiger partial charge < -0.3 is 24.6 Å². The van der Waals surface area contributed by atoms with Crippen LogP contribution in [0.15, 0.2) is 12.1 Å². The molecule has 0 aliphatic carbocycles. The molecule has 2 aliphatic rings. The van der Waals surface area contributed by atoms with Crippen molar-refractivity contribution in [1.82, 2.24) is 0 Å². The highest BCUT2D eigenvalue weighted by Gasteiger charge is 2.55. The zero-order chi connectivity index (χ0) is 17.4. The molecule has 2 aliphatic heterocycles. The maximum Gasteiger partial charge on any atom is 0.310 e. The first-order valence-corrected chi connectivity index (χ1v) is 7.94. The Morgan fingerprint density at radius 2 is 1.79 bits per heavy atom. The van der Waals surface area contributed by atoms with Crippen LogP contribution < -0.4 is 14.8 Å². The standard InChI is InChI=1S/C16H18ClNO6/c1-22-11-6-12(23-2)8(5-7(11)17)18-15(19)13-9-3-4-10(24-9)14(13)16(20)21/h5-6,9-10,13-14H,3-4H2,1-2H3,(H,18,19)(H,20,21). The number of carbonyl (C=O) groups is 2. The van der Waals surface area contributed by atoms with Gasteiger partial charge in [0.1, 0.15) is 11.5 Å². The zero-order valence-electron chi connectivity index (χ0n) is 13.2. The predicted molar refractivity (Wildman–Crippen MR) is 85.7 cm³/mol. The quantitative estimate of drug-likeness (QED) is 0.840. The third-order valence-electron chi connectivity index (χ3n) is 4.59. The van der Waals surface area contributed by atoms with Gasteiger partial charge in [0.25, 0.3) is 0 Å². The molecule has 0 spiro atoms. The third-order valence-corrected chi connectivity index (χ3v) is 4.89. The topological polar surface area (TPSA) is 94.1 Å². The van der Waals surface area contributed by atoms with E-state index in [1.54, 1.807) is 6.07 Å². The van der Waals surface area contributed by atoms with Crippen LogP contribution in [0.4, 0.5) is 5.69 Å². The minimum Gasteiger partial charge on any atom is -0.495 e. The van der Waals surface area contributed by atoms with E-state index in [9.17, 15) is 14.7 Å². The van der Waals surface area contributed by atoms with Crippen molar-refractivity contribution < 1.29 is 28.9 Å². The first kappa shape index (κ1) is 16.9. The number of hydrogen-bond acceptors (Lipinski definition) is 5. The lowest BCUT2D eigenvalue weighted by Crippen LogP contribution is -2.41. The number of aliphatic carboxylic acids is 1. The van der Waals surface area contributed by atoms with Crippen LogP contribution in [0, 0.1) is 11.8 Å². The second kappa shape index (κ2) is 6.49. The fourth-order valence-electron chi connectivity index (χ4n) is 3.50. The number of amides is 1. The molecule has 0 aromatic heterocycles. The molecule has 2 fully saturated rings. The molecule has 2 bridgehead atoms. The van der Waals surface area contributed by atoms with Crippen molar-refractivity contribution in [2.75, 3.05) is 19.5 Å². The van der Waals surface area contributed by atoms with Crippen LogP contribution in [-0.2, 0) is 14.3 Å². The number of fused-ring (bicyclic) bond motifs is 2. The molecule has 4 unspecified atom stereocenters. The Morgan fingerprint density at radius 3 is 2.38 bits per heavy atom. The number of ether oxygens (including phenoxy) is 3. The maximum atomic E-state index is 12.7. The van der Waals surface area contributed by atoms with Gasteiger partial charge in [-0.1, -0.05) is 11.6 Å². The molecule has 0 saturated carbocycles. The van der Waals surface area contributed by atoms with E-state index in [4.69, 9.17) is 25.8 Å². The number of halogens is 1. The molecular formula is C16H18ClNO6. The van der Waals surface area contributed by atoms with Crippen molar-refractivity contribution in [1.29, 1.82) is 0 Å². The summed E-state index contributed by atoms with van der Waals surface area (Å²) in [6.45, 7) is 0. The molecule has 24 heavy (non-hydrogen) atoms. The molecule has 0 radical (unpaired) electrons. The average molecular weight is 356 g/mol. The van der Waals surface area contributed by atoms with E-state index in [0.29, 0.717) is 35.1 Å². The van der Waals surface area contributed by atoms with Gasteiger partial charge in [-0.3, -0.25) is 9.59 Å². The van der Waals surface area contributed by atoms with Crippen LogP contribution in [0.3, 0.4) is 0 Å². The molecule has 4 atom stereocenters. The monoisotopic (exact) mass is 355 g/mol. The Kier molecular flexibility index (Phi) is 4.56. The first-order valence-electron chi connectivity index (χ1n) is 7.57. The predicted octanol–water partition coefficient (Wildman–Crippen LogP) is 2.17. The van der Waals surface area contributed by atoms with Crippen molar-refractivity contribution in [2.45, 2.75) is 25.0 Å². The molecule has 130 valence electrons. The Bertz CT molecular complexity index is 679. The smallest absolute Gasteiger partial charge is 0.310 e. The van der Waals surface area contributed by atoms with Crippen molar-refractivity contribution >= 4 is 29.2 Å². The second-order valence-corrected chi connectivity index (χ2v) is 6.26. The zero-order valence-corrected chi connectivity index (χ0v) is 14.0. The van der Waals surface area contributed by atoms with Gasteiger partial charge in [0.15, 0.2) is 0 Å². The molecule has 1 aromatic rings. The van der Waals surface area contributed by atoms with E-state index in [1.807, 2.05) is 0 Å². The number of hydrogen-bond donors (Lipinski definition) is 2. The summed E-state index contributed by atoms with van der Waals surface area (Å²) in [6.07, 6.45) is 0.594. The number of carboxylic acids is 1. The molecule has 3 rings (SSSR count). The van der Waals surface area contributed by atoms with Gasteiger partial charge in [-0.2, -0.15) is 0 Å². The molecule has 8 heteroatoms. The fourth-order valence-corrected chi connectivity index (χ4v) is 3.74. The summed E-state index contributed by atoms with van der Waals surface area (Å²) in [5.41, 5.74) is 0.361. The lowest BCUT2D eigenvalue weighted by atomic mass is 9.78. The Balaban J connectivity index is 1.84. The van der Waals surface area contributed by atoms with Gasteiger partial charge in [0.05, 0.1) is 49.0 Å².